The fourth-order valence-electron chi connectivity index (χ4n) is 8.65. The van der Waals surface area contributed by atoms with E-state index in [1.807, 2.05) is 60.7 Å². The molecule has 0 unspecified atom stereocenters. The molecule has 0 bridgehead atoms. The summed E-state index contributed by atoms with van der Waals surface area (Å²) in [5.74, 6) is 3.62. The van der Waals surface area contributed by atoms with Gasteiger partial charge in [0, 0.05) is 33.5 Å². The summed E-state index contributed by atoms with van der Waals surface area (Å²) >= 11 is 0. The number of aromatic nitrogens is 3. The van der Waals surface area contributed by atoms with E-state index in [1.165, 1.54) is 16.7 Å². The monoisotopic (exact) mass is 730 g/mol. The summed E-state index contributed by atoms with van der Waals surface area (Å²) in [5.41, 5.74) is 12.3. The summed E-state index contributed by atoms with van der Waals surface area (Å²) in [6.45, 7) is 0. The molecule has 2 aliphatic rings. The highest BCUT2D eigenvalue weighted by Crippen LogP contribution is 2.63. The molecule has 8 aromatic carbocycles. The molecule has 0 N–H and O–H groups in total. The van der Waals surface area contributed by atoms with Crippen LogP contribution in [0.15, 0.2) is 206 Å². The van der Waals surface area contributed by atoms with Gasteiger partial charge in [-0.25, -0.2) is 15.0 Å². The van der Waals surface area contributed by atoms with Gasteiger partial charge in [-0.15, -0.1) is 0 Å². The third-order valence-electron chi connectivity index (χ3n) is 11.2. The van der Waals surface area contributed by atoms with Crippen molar-refractivity contribution in [3.63, 3.8) is 0 Å². The first kappa shape index (κ1) is 32.8. The van der Waals surface area contributed by atoms with Gasteiger partial charge < -0.3 is 9.64 Å². The summed E-state index contributed by atoms with van der Waals surface area (Å²) in [7, 11) is 0. The SMILES string of the molecule is c1ccc(-c2ccc3c(c2)C2(c4ccccc4Oc4ccccc42)c2ccccc2N3c2ccc(-c3nc(-c4ccccc4)nc(-c4ccccc4)n3)cc2)cc1. The molecule has 0 radical (unpaired) electrons. The van der Waals surface area contributed by atoms with Crippen molar-refractivity contribution in [2.45, 2.75) is 5.41 Å². The predicted octanol–water partition coefficient (Wildman–Crippen LogP) is 12.8. The Bertz CT molecular complexity index is 2830. The maximum absolute atomic E-state index is 6.66. The van der Waals surface area contributed by atoms with Crippen LogP contribution in [0.4, 0.5) is 17.1 Å². The topological polar surface area (TPSA) is 51.1 Å². The summed E-state index contributed by atoms with van der Waals surface area (Å²) in [4.78, 5) is 17.3. The lowest BCUT2D eigenvalue weighted by molar-refractivity contribution is 0.434. The average molecular weight is 731 g/mol. The Morgan fingerprint density at radius 3 is 1.32 bits per heavy atom. The van der Waals surface area contributed by atoms with Gasteiger partial charge in [0.25, 0.3) is 0 Å². The van der Waals surface area contributed by atoms with Gasteiger partial charge in [0.05, 0.1) is 16.8 Å². The van der Waals surface area contributed by atoms with E-state index in [-0.39, 0.29) is 0 Å². The fraction of sp³-hybridized carbons (Fsp3) is 0.0192. The second-order valence-corrected chi connectivity index (χ2v) is 14.4. The molecule has 0 amide bonds. The highest BCUT2D eigenvalue weighted by Gasteiger charge is 2.51. The molecular weight excluding hydrogens is 697 g/mol. The minimum atomic E-state index is -0.648. The standard InChI is InChI=1S/C52H34N4O/c1-4-16-35(17-5-1)39-30-33-46-44(34-39)52(42-23-11-14-26-47(42)57-48-27-15-12-24-43(48)52)41-22-10-13-25-45(41)56(46)40-31-28-38(29-32-40)51-54-49(36-18-6-2-7-19-36)53-50(55-51)37-20-8-3-9-21-37/h1-34H. The minimum absolute atomic E-state index is 0.621. The molecule has 57 heavy (non-hydrogen) atoms. The third-order valence-corrected chi connectivity index (χ3v) is 11.2. The normalized spacial score (nSPS) is 13.2. The van der Waals surface area contributed by atoms with Crippen molar-refractivity contribution in [2.24, 2.45) is 0 Å². The van der Waals surface area contributed by atoms with Gasteiger partial charge in [-0.05, 0) is 76.9 Å². The third kappa shape index (κ3) is 5.28. The van der Waals surface area contributed by atoms with Crippen LogP contribution >= 0.6 is 0 Å². The zero-order valence-electron chi connectivity index (χ0n) is 30.8. The van der Waals surface area contributed by atoms with E-state index in [4.69, 9.17) is 19.7 Å². The quantitative estimate of drug-likeness (QED) is 0.176. The largest absolute Gasteiger partial charge is 0.457 e. The fourth-order valence-corrected chi connectivity index (χ4v) is 8.65. The molecule has 5 nitrogen and oxygen atoms in total. The molecule has 9 aromatic rings. The summed E-state index contributed by atoms with van der Waals surface area (Å²) < 4.78 is 6.66. The van der Waals surface area contributed by atoms with Crippen LogP contribution in [0, 0.1) is 0 Å². The lowest BCUT2D eigenvalue weighted by Crippen LogP contribution is -2.39. The molecule has 1 spiro atoms. The molecule has 0 aliphatic carbocycles. The first-order chi connectivity index (χ1) is 28.3. The first-order valence-corrected chi connectivity index (χ1v) is 19.2. The molecule has 1 aromatic heterocycles. The Labute approximate surface area is 331 Å². The predicted molar refractivity (Wildman–Crippen MR) is 228 cm³/mol. The van der Waals surface area contributed by atoms with E-state index in [1.54, 1.807) is 0 Å². The van der Waals surface area contributed by atoms with Crippen LogP contribution in [0.5, 0.6) is 11.5 Å². The van der Waals surface area contributed by atoms with Crippen LogP contribution < -0.4 is 9.64 Å². The van der Waals surface area contributed by atoms with Crippen LogP contribution in [-0.4, -0.2) is 15.0 Å². The highest BCUT2D eigenvalue weighted by atomic mass is 16.5. The molecule has 0 atom stereocenters. The second kappa shape index (κ2) is 13.3. The molecule has 0 saturated heterocycles. The Balaban J connectivity index is 1.11. The molecule has 0 saturated carbocycles. The van der Waals surface area contributed by atoms with Crippen molar-refractivity contribution in [2.75, 3.05) is 4.90 Å². The van der Waals surface area contributed by atoms with Crippen molar-refractivity contribution >= 4 is 17.1 Å². The van der Waals surface area contributed by atoms with Crippen molar-refractivity contribution in [3.05, 3.63) is 229 Å². The van der Waals surface area contributed by atoms with Gasteiger partial charge >= 0.3 is 0 Å². The van der Waals surface area contributed by atoms with E-state index < -0.39 is 5.41 Å². The van der Waals surface area contributed by atoms with Gasteiger partial charge in [0.1, 0.15) is 11.5 Å². The molecule has 0 fully saturated rings. The van der Waals surface area contributed by atoms with Crippen LogP contribution in [0.2, 0.25) is 0 Å². The van der Waals surface area contributed by atoms with E-state index >= 15 is 0 Å². The van der Waals surface area contributed by atoms with E-state index in [2.05, 4.69) is 150 Å². The Morgan fingerprint density at radius 1 is 0.333 bits per heavy atom. The van der Waals surface area contributed by atoms with Crippen molar-refractivity contribution < 1.29 is 4.74 Å². The number of hydrogen-bond donors (Lipinski definition) is 0. The van der Waals surface area contributed by atoms with Crippen LogP contribution in [0.3, 0.4) is 0 Å². The van der Waals surface area contributed by atoms with Crippen LogP contribution in [-0.2, 0) is 5.41 Å². The zero-order valence-corrected chi connectivity index (χ0v) is 30.8. The van der Waals surface area contributed by atoms with Crippen LogP contribution in [0.25, 0.3) is 45.3 Å². The molecule has 5 heteroatoms. The number of hydrogen-bond acceptors (Lipinski definition) is 5. The highest BCUT2D eigenvalue weighted by molar-refractivity contribution is 5.92. The van der Waals surface area contributed by atoms with Crippen molar-refractivity contribution in [3.8, 4) is 56.8 Å². The second-order valence-electron chi connectivity index (χ2n) is 14.4. The van der Waals surface area contributed by atoms with E-state index in [9.17, 15) is 0 Å². The summed E-state index contributed by atoms with van der Waals surface area (Å²) in [6.07, 6.45) is 0. The lowest BCUT2D eigenvalue weighted by Gasteiger charge is -2.48. The Hall–Kier alpha value is -7.63. The first-order valence-electron chi connectivity index (χ1n) is 19.2. The average Bonchev–Trinajstić information content (AvgIpc) is 3.30. The lowest BCUT2D eigenvalue weighted by atomic mass is 9.61. The molecule has 268 valence electrons. The number of fused-ring (bicyclic) bond motifs is 8. The number of anilines is 3. The zero-order chi connectivity index (χ0) is 37.8. The number of ether oxygens (including phenoxy) is 1. The number of para-hydroxylation sites is 3. The number of rotatable bonds is 5. The number of nitrogens with zero attached hydrogens (tertiary/aromatic N) is 4. The number of benzene rings is 8. The van der Waals surface area contributed by atoms with Gasteiger partial charge in [-0.2, -0.15) is 0 Å². The Morgan fingerprint density at radius 2 is 0.754 bits per heavy atom. The van der Waals surface area contributed by atoms with E-state index in [0.29, 0.717) is 17.5 Å². The molecule has 11 rings (SSSR count). The maximum atomic E-state index is 6.66. The van der Waals surface area contributed by atoms with Gasteiger partial charge in [-0.3, -0.25) is 0 Å². The summed E-state index contributed by atoms with van der Waals surface area (Å²) in [5, 5.41) is 0. The van der Waals surface area contributed by atoms with E-state index in [0.717, 1.165) is 61.9 Å². The minimum Gasteiger partial charge on any atom is -0.457 e. The maximum Gasteiger partial charge on any atom is 0.164 e. The molecule has 2 aliphatic heterocycles. The molecule has 3 heterocycles. The summed E-state index contributed by atoms with van der Waals surface area (Å²) in [6, 6.07) is 72.2. The smallest absolute Gasteiger partial charge is 0.164 e. The van der Waals surface area contributed by atoms with Gasteiger partial charge in [0.2, 0.25) is 0 Å². The Kier molecular flexibility index (Phi) is 7.64. The van der Waals surface area contributed by atoms with Crippen molar-refractivity contribution in [1.82, 2.24) is 15.0 Å². The van der Waals surface area contributed by atoms with Crippen LogP contribution in [0.1, 0.15) is 22.3 Å². The van der Waals surface area contributed by atoms with Gasteiger partial charge in [0.15, 0.2) is 17.5 Å². The molecular formula is C52H34N4O. The van der Waals surface area contributed by atoms with Gasteiger partial charge in [-0.1, -0.05) is 152 Å². The van der Waals surface area contributed by atoms with Crippen molar-refractivity contribution in [1.29, 1.82) is 0 Å².